The largest absolute Gasteiger partial charge is 0.350 e. The molecule has 0 radical (unpaired) electrons. The number of carbonyl (C=O) groups is 1. The van der Waals surface area contributed by atoms with Gasteiger partial charge < -0.3 is 9.84 Å². The highest BCUT2D eigenvalue weighted by molar-refractivity contribution is 7.91. The number of sulfonamides is 1. The molecule has 0 aliphatic heterocycles. The van der Waals surface area contributed by atoms with E-state index in [0.29, 0.717) is 5.69 Å². The molecule has 2 heterocycles. The Labute approximate surface area is 161 Å². The first-order chi connectivity index (χ1) is 12.8. The summed E-state index contributed by atoms with van der Waals surface area (Å²) in [6, 6.07) is 12.5. The van der Waals surface area contributed by atoms with Crippen LogP contribution in [0.3, 0.4) is 0 Å². The van der Waals surface area contributed by atoms with Crippen LogP contribution in [0.25, 0.3) is 11.3 Å². The van der Waals surface area contributed by atoms with Gasteiger partial charge in [0.25, 0.3) is 15.9 Å². The molecule has 0 fully saturated rings. The second kappa shape index (κ2) is 7.63. The number of aromatic nitrogens is 1. The van der Waals surface area contributed by atoms with Crippen LogP contribution >= 0.6 is 11.3 Å². The summed E-state index contributed by atoms with van der Waals surface area (Å²) in [5.74, 6) is -0.311. The van der Waals surface area contributed by atoms with Gasteiger partial charge in [-0.05, 0) is 19.1 Å². The molecule has 1 aromatic carbocycles. The molecule has 142 valence electrons. The Bertz CT molecular complexity index is 1050. The minimum Gasteiger partial charge on any atom is -0.350 e. The number of thiophene rings is 1. The lowest BCUT2D eigenvalue weighted by molar-refractivity contribution is 0.0914. The fourth-order valence-electron chi connectivity index (χ4n) is 2.27. The summed E-state index contributed by atoms with van der Waals surface area (Å²) in [6.45, 7) is 2.19. The molecule has 1 N–H and O–H groups in total. The summed E-state index contributed by atoms with van der Waals surface area (Å²) in [4.78, 5) is 13.0. The minimum absolute atomic E-state index is 0.100. The van der Waals surface area contributed by atoms with Crippen molar-refractivity contribution < 1.29 is 17.7 Å². The Morgan fingerprint density at radius 1 is 1.19 bits per heavy atom. The van der Waals surface area contributed by atoms with Crippen LogP contribution in [0.1, 0.15) is 21.0 Å². The molecule has 0 spiro atoms. The maximum Gasteiger partial charge on any atom is 0.290 e. The quantitative estimate of drug-likeness (QED) is 0.681. The summed E-state index contributed by atoms with van der Waals surface area (Å²) in [5, 5.41) is 6.64. The zero-order chi connectivity index (χ0) is 19.6. The van der Waals surface area contributed by atoms with Gasteiger partial charge in [-0.3, -0.25) is 4.79 Å². The summed E-state index contributed by atoms with van der Waals surface area (Å²) < 4.78 is 30.7. The number of benzene rings is 1. The molecule has 0 bridgehead atoms. The molecule has 9 heteroatoms. The standard InChI is InChI=1S/C18H19N3O4S2/c1-12-4-6-13(7-5-12)15-10-16(25-20-15)18(22)19-11-14-8-9-17(26-14)27(23,24)21(2)3/h4-10H,11H2,1-3H3,(H,19,22). The number of carbonyl (C=O) groups excluding carboxylic acids is 1. The third kappa shape index (κ3) is 4.26. The van der Waals surface area contributed by atoms with E-state index in [1.165, 1.54) is 20.2 Å². The molecule has 0 atom stereocenters. The lowest BCUT2D eigenvalue weighted by Crippen LogP contribution is -2.22. The third-order valence-electron chi connectivity index (χ3n) is 3.88. The second-order valence-corrected chi connectivity index (χ2v) is 9.68. The van der Waals surface area contributed by atoms with Gasteiger partial charge >= 0.3 is 0 Å². The molecule has 0 aliphatic carbocycles. The summed E-state index contributed by atoms with van der Waals surface area (Å²) in [6.07, 6.45) is 0. The molecule has 1 amide bonds. The number of hydrogen-bond acceptors (Lipinski definition) is 6. The van der Waals surface area contributed by atoms with Crippen molar-refractivity contribution in [1.29, 1.82) is 0 Å². The van der Waals surface area contributed by atoms with Gasteiger partial charge in [-0.15, -0.1) is 11.3 Å². The average molecular weight is 406 g/mol. The molecule has 7 nitrogen and oxygen atoms in total. The van der Waals surface area contributed by atoms with E-state index in [2.05, 4.69) is 10.5 Å². The van der Waals surface area contributed by atoms with Gasteiger partial charge in [-0.2, -0.15) is 0 Å². The molecular weight excluding hydrogens is 386 g/mol. The number of hydrogen-bond donors (Lipinski definition) is 1. The fourth-order valence-corrected chi connectivity index (χ4v) is 4.73. The summed E-state index contributed by atoms with van der Waals surface area (Å²) in [7, 11) is -0.510. The van der Waals surface area contributed by atoms with E-state index in [1.807, 2.05) is 31.2 Å². The lowest BCUT2D eigenvalue weighted by Gasteiger charge is -2.08. The first-order valence-electron chi connectivity index (χ1n) is 8.10. The van der Waals surface area contributed by atoms with Crippen molar-refractivity contribution in [2.24, 2.45) is 0 Å². The van der Waals surface area contributed by atoms with E-state index in [4.69, 9.17) is 4.52 Å². The monoisotopic (exact) mass is 405 g/mol. The van der Waals surface area contributed by atoms with Crippen LogP contribution in [0.15, 0.2) is 51.2 Å². The van der Waals surface area contributed by atoms with Gasteiger partial charge in [0.05, 0.1) is 6.54 Å². The van der Waals surface area contributed by atoms with Crippen molar-refractivity contribution in [3.8, 4) is 11.3 Å². The van der Waals surface area contributed by atoms with E-state index >= 15 is 0 Å². The van der Waals surface area contributed by atoms with Crippen molar-refractivity contribution >= 4 is 27.3 Å². The molecule has 2 aromatic heterocycles. The maximum absolute atomic E-state index is 12.3. The van der Waals surface area contributed by atoms with Gasteiger partial charge in [0, 0.05) is 30.6 Å². The topological polar surface area (TPSA) is 92.5 Å². The normalized spacial score (nSPS) is 11.7. The van der Waals surface area contributed by atoms with Gasteiger partial charge in [0.15, 0.2) is 0 Å². The van der Waals surface area contributed by atoms with Crippen molar-refractivity contribution in [3.63, 3.8) is 0 Å². The lowest BCUT2D eigenvalue weighted by atomic mass is 10.1. The predicted octanol–water partition coefficient (Wildman–Crippen LogP) is 2.89. The number of rotatable bonds is 6. The van der Waals surface area contributed by atoms with Gasteiger partial charge in [-0.25, -0.2) is 12.7 Å². The average Bonchev–Trinajstić information content (AvgIpc) is 3.30. The third-order valence-corrected chi connectivity index (χ3v) is 7.24. The Morgan fingerprint density at radius 2 is 1.89 bits per heavy atom. The number of amides is 1. The second-order valence-electron chi connectivity index (χ2n) is 6.13. The van der Waals surface area contributed by atoms with Crippen LogP contribution in [-0.4, -0.2) is 37.9 Å². The Hall–Kier alpha value is -2.49. The van der Waals surface area contributed by atoms with Crippen LogP contribution < -0.4 is 5.32 Å². The molecule has 0 saturated carbocycles. The van der Waals surface area contributed by atoms with Crippen molar-refractivity contribution in [1.82, 2.24) is 14.8 Å². The van der Waals surface area contributed by atoms with Crippen LogP contribution in [0.4, 0.5) is 0 Å². The van der Waals surface area contributed by atoms with E-state index < -0.39 is 15.9 Å². The number of nitrogens with one attached hydrogen (secondary N) is 1. The molecule has 3 rings (SSSR count). The zero-order valence-corrected chi connectivity index (χ0v) is 16.7. The highest BCUT2D eigenvalue weighted by atomic mass is 32.2. The van der Waals surface area contributed by atoms with E-state index in [9.17, 15) is 13.2 Å². The maximum atomic E-state index is 12.3. The van der Waals surface area contributed by atoms with Crippen molar-refractivity contribution in [2.45, 2.75) is 17.7 Å². The first-order valence-corrected chi connectivity index (χ1v) is 10.4. The predicted molar refractivity (Wildman–Crippen MR) is 103 cm³/mol. The SMILES string of the molecule is Cc1ccc(-c2cc(C(=O)NCc3ccc(S(=O)(=O)N(C)C)s3)on2)cc1. The molecule has 3 aromatic rings. The highest BCUT2D eigenvalue weighted by Crippen LogP contribution is 2.24. The Balaban J connectivity index is 1.65. The fraction of sp³-hybridized carbons (Fsp3) is 0.222. The van der Waals surface area contributed by atoms with Crippen LogP contribution in [0.2, 0.25) is 0 Å². The first kappa shape index (κ1) is 19.3. The summed E-state index contributed by atoms with van der Waals surface area (Å²) >= 11 is 1.12. The highest BCUT2D eigenvalue weighted by Gasteiger charge is 2.20. The molecule has 0 aliphatic rings. The molecule has 0 saturated heterocycles. The van der Waals surface area contributed by atoms with Gasteiger partial charge in [-0.1, -0.05) is 35.0 Å². The number of nitrogens with zero attached hydrogens (tertiary/aromatic N) is 2. The molecule has 27 heavy (non-hydrogen) atoms. The van der Waals surface area contributed by atoms with Crippen LogP contribution in [0.5, 0.6) is 0 Å². The van der Waals surface area contributed by atoms with Crippen molar-refractivity contribution in [3.05, 3.63) is 58.7 Å². The van der Waals surface area contributed by atoms with Crippen molar-refractivity contribution in [2.75, 3.05) is 14.1 Å². The number of aryl methyl sites for hydroxylation is 1. The Morgan fingerprint density at radius 3 is 2.56 bits per heavy atom. The zero-order valence-electron chi connectivity index (χ0n) is 15.1. The van der Waals surface area contributed by atoms with E-state index in [1.54, 1.807) is 12.1 Å². The van der Waals surface area contributed by atoms with Crippen LogP contribution in [-0.2, 0) is 16.6 Å². The van der Waals surface area contributed by atoms with Gasteiger partial charge in [0.1, 0.15) is 9.90 Å². The van der Waals surface area contributed by atoms with E-state index in [-0.39, 0.29) is 16.5 Å². The minimum atomic E-state index is -3.47. The smallest absolute Gasteiger partial charge is 0.290 e. The Kier molecular flexibility index (Phi) is 5.45. The van der Waals surface area contributed by atoms with Crippen LogP contribution in [0, 0.1) is 6.92 Å². The summed E-state index contributed by atoms with van der Waals surface area (Å²) in [5.41, 5.74) is 2.57. The molecular formula is C18H19N3O4S2. The molecule has 0 unspecified atom stereocenters. The van der Waals surface area contributed by atoms with E-state index in [0.717, 1.165) is 31.6 Å². The van der Waals surface area contributed by atoms with Gasteiger partial charge in [0.2, 0.25) is 5.76 Å².